The first kappa shape index (κ1) is 12.4. The molecule has 2 aromatic heterocycles. The Bertz CT molecular complexity index is 701. The third-order valence-electron chi connectivity index (χ3n) is 2.96. The number of hydrogen-bond donors (Lipinski definition) is 0. The molecule has 0 atom stereocenters. The van der Waals surface area contributed by atoms with Gasteiger partial charge in [0.1, 0.15) is 11.6 Å². The first-order chi connectivity index (χ1) is 9.72. The maximum Gasteiger partial charge on any atom is 0.163 e. The summed E-state index contributed by atoms with van der Waals surface area (Å²) in [5.74, 6) is 2.19. The van der Waals surface area contributed by atoms with Crippen LogP contribution in [-0.2, 0) is 0 Å². The van der Waals surface area contributed by atoms with Gasteiger partial charge in [-0.2, -0.15) is 0 Å². The Hall–Kier alpha value is -2.62. The van der Waals surface area contributed by atoms with Crippen LogP contribution in [0.2, 0.25) is 0 Å². The zero-order chi connectivity index (χ0) is 13.9. The van der Waals surface area contributed by atoms with Crippen molar-refractivity contribution in [2.45, 2.75) is 13.8 Å². The van der Waals surface area contributed by atoms with Gasteiger partial charge in [0.25, 0.3) is 0 Å². The van der Waals surface area contributed by atoms with E-state index in [0.29, 0.717) is 5.82 Å². The van der Waals surface area contributed by atoms with Crippen molar-refractivity contribution in [2.24, 2.45) is 0 Å². The van der Waals surface area contributed by atoms with E-state index in [-0.39, 0.29) is 0 Å². The van der Waals surface area contributed by atoms with Gasteiger partial charge in [0.2, 0.25) is 0 Å². The van der Waals surface area contributed by atoms with E-state index in [1.54, 1.807) is 6.20 Å². The van der Waals surface area contributed by atoms with Crippen LogP contribution >= 0.6 is 0 Å². The van der Waals surface area contributed by atoms with E-state index in [0.717, 1.165) is 28.5 Å². The normalized spacial score (nSPS) is 10.5. The number of pyridine rings is 1. The van der Waals surface area contributed by atoms with E-state index in [1.165, 1.54) is 0 Å². The van der Waals surface area contributed by atoms with Crippen molar-refractivity contribution in [3.63, 3.8) is 0 Å². The molecule has 2 heterocycles. The molecule has 0 fully saturated rings. The third-order valence-corrected chi connectivity index (χ3v) is 2.96. The van der Waals surface area contributed by atoms with Crippen LogP contribution in [0, 0.1) is 13.8 Å². The maximum absolute atomic E-state index is 4.37. The van der Waals surface area contributed by atoms with Gasteiger partial charge in [-0.1, -0.05) is 30.3 Å². The minimum Gasteiger partial charge on any atom is -0.256 e. The first-order valence-corrected chi connectivity index (χ1v) is 6.43. The molecule has 0 unspecified atom stereocenters. The van der Waals surface area contributed by atoms with Gasteiger partial charge < -0.3 is 0 Å². The second-order valence-corrected chi connectivity index (χ2v) is 4.55. The smallest absolute Gasteiger partial charge is 0.163 e. The standard InChI is InChI=1S/C16H14N4/c1-11-18-12(2)20-16(19-11)14-8-6-13(7-9-14)15-5-3-4-10-17-15/h3-10H,1-2H3. The molecular weight excluding hydrogens is 248 g/mol. The molecule has 98 valence electrons. The average Bonchev–Trinajstić information content (AvgIpc) is 2.47. The lowest BCUT2D eigenvalue weighted by molar-refractivity contribution is 0.928. The Morgan fingerprint density at radius 3 is 1.95 bits per heavy atom. The lowest BCUT2D eigenvalue weighted by Gasteiger charge is -2.04. The van der Waals surface area contributed by atoms with Crippen LogP contribution in [0.25, 0.3) is 22.6 Å². The Morgan fingerprint density at radius 1 is 0.700 bits per heavy atom. The van der Waals surface area contributed by atoms with E-state index in [9.17, 15) is 0 Å². The molecule has 20 heavy (non-hydrogen) atoms. The molecule has 3 rings (SSSR count). The van der Waals surface area contributed by atoms with Crippen LogP contribution in [0.1, 0.15) is 11.6 Å². The number of aromatic nitrogens is 4. The zero-order valence-corrected chi connectivity index (χ0v) is 11.4. The van der Waals surface area contributed by atoms with Gasteiger partial charge in [-0.25, -0.2) is 15.0 Å². The lowest BCUT2D eigenvalue weighted by Crippen LogP contribution is -1.98. The van der Waals surface area contributed by atoms with E-state index >= 15 is 0 Å². The summed E-state index contributed by atoms with van der Waals surface area (Å²) < 4.78 is 0. The molecule has 0 spiro atoms. The van der Waals surface area contributed by atoms with Gasteiger partial charge in [-0.05, 0) is 26.0 Å². The van der Waals surface area contributed by atoms with Gasteiger partial charge >= 0.3 is 0 Å². The van der Waals surface area contributed by atoms with E-state index in [2.05, 4.69) is 19.9 Å². The SMILES string of the molecule is Cc1nc(C)nc(-c2ccc(-c3ccccn3)cc2)n1. The van der Waals surface area contributed by atoms with Crippen molar-refractivity contribution < 1.29 is 0 Å². The summed E-state index contributed by atoms with van der Waals surface area (Å²) in [7, 11) is 0. The maximum atomic E-state index is 4.37. The van der Waals surface area contributed by atoms with E-state index < -0.39 is 0 Å². The van der Waals surface area contributed by atoms with Crippen LogP contribution in [0.5, 0.6) is 0 Å². The molecule has 0 radical (unpaired) electrons. The molecule has 0 aliphatic heterocycles. The van der Waals surface area contributed by atoms with Gasteiger partial charge in [0.15, 0.2) is 5.82 Å². The first-order valence-electron chi connectivity index (χ1n) is 6.43. The minimum absolute atomic E-state index is 0.711. The van der Waals surface area contributed by atoms with E-state index in [1.807, 2.05) is 56.3 Å². The van der Waals surface area contributed by atoms with E-state index in [4.69, 9.17) is 0 Å². The molecule has 0 amide bonds. The average molecular weight is 262 g/mol. The predicted octanol–water partition coefficient (Wildman–Crippen LogP) is 3.22. The minimum atomic E-state index is 0.711. The van der Waals surface area contributed by atoms with Crippen LogP contribution in [-0.4, -0.2) is 19.9 Å². The molecule has 0 N–H and O–H groups in total. The fraction of sp³-hybridized carbons (Fsp3) is 0.125. The number of benzene rings is 1. The highest BCUT2D eigenvalue weighted by Crippen LogP contribution is 2.21. The van der Waals surface area contributed by atoms with Crippen molar-refractivity contribution in [3.8, 4) is 22.6 Å². The molecule has 0 aliphatic rings. The lowest BCUT2D eigenvalue weighted by atomic mass is 10.1. The summed E-state index contributed by atoms with van der Waals surface area (Å²) in [6.45, 7) is 3.75. The van der Waals surface area contributed by atoms with Gasteiger partial charge in [-0.3, -0.25) is 4.98 Å². The van der Waals surface area contributed by atoms with Crippen molar-refractivity contribution in [3.05, 3.63) is 60.3 Å². The van der Waals surface area contributed by atoms with Crippen LogP contribution < -0.4 is 0 Å². The fourth-order valence-electron chi connectivity index (χ4n) is 2.07. The number of aryl methyl sites for hydroxylation is 2. The molecule has 1 aromatic carbocycles. The Balaban J connectivity index is 1.97. The molecule has 0 saturated carbocycles. The topological polar surface area (TPSA) is 51.6 Å². The van der Waals surface area contributed by atoms with Gasteiger partial charge in [0, 0.05) is 17.3 Å². The summed E-state index contributed by atoms with van der Waals surface area (Å²) >= 11 is 0. The predicted molar refractivity (Wildman–Crippen MR) is 78.0 cm³/mol. The van der Waals surface area contributed by atoms with Crippen LogP contribution in [0.3, 0.4) is 0 Å². The second kappa shape index (κ2) is 5.17. The highest BCUT2D eigenvalue weighted by molar-refractivity contribution is 5.64. The number of rotatable bonds is 2. The summed E-state index contributed by atoms with van der Waals surface area (Å²) in [6.07, 6.45) is 1.79. The van der Waals surface area contributed by atoms with Crippen LogP contribution in [0.15, 0.2) is 48.7 Å². The monoisotopic (exact) mass is 262 g/mol. The molecule has 3 aromatic rings. The molecule has 0 bridgehead atoms. The fourth-order valence-corrected chi connectivity index (χ4v) is 2.07. The summed E-state index contributed by atoms with van der Waals surface area (Å²) in [4.78, 5) is 17.3. The zero-order valence-electron chi connectivity index (χ0n) is 11.4. The van der Waals surface area contributed by atoms with Crippen molar-refractivity contribution in [2.75, 3.05) is 0 Å². The molecule has 4 heteroatoms. The largest absolute Gasteiger partial charge is 0.256 e. The molecular formula is C16H14N4. The van der Waals surface area contributed by atoms with Crippen molar-refractivity contribution in [1.29, 1.82) is 0 Å². The molecule has 4 nitrogen and oxygen atoms in total. The summed E-state index contributed by atoms with van der Waals surface area (Å²) in [5, 5.41) is 0. The van der Waals surface area contributed by atoms with Crippen molar-refractivity contribution in [1.82, 2.24) is 19.9 Å². The van der Waals surface area contributed by atoms with Gasteiger partial charge in [0.05, 0.1) is 5.69 Å². The number of hydrogen-bond acceptors (Lipinski definition) is 4. The third kappa shape index (κ3) is 2.54. The van der Waals surface area contributed by atoms with Crippen LogP contribution in [0.4, 0.5) is 0 Å². The highest BCUT2D eigenvalue weighted by atomic mass is 15.0. The van der Waals surface area contributed by atoms with Gasteiger partial charge in [-0.15, -0.1) is 0 Å². The molecule has 0 aliphatic carbocycles. The Morgan fingerprint density at radius 2 is 1.35 bits per heavy atom. The Labute approximate surface area is 117 Å². The number of nitrogens with zero attached hydrogens (tertiary/aromatic N) is 4. The highest BCUT2D eigenvalue weighted by Gasteiger charge is 2.05. The molecule has 0 saturated heterocycles. The second-order valence-electron chi connectivity index (χ2n) is 4.55. The summed E-state index contributed by atoms with van der Waals surface area (Å²) in [5.41, 5.74) is 3.03. The van der Waals surface area contributed by atoms with Crippen molar-refractivity contribution >= 4 is 0 Å². The Kier molecular flexibility index (Phi) is 3.21. The quantitative estimate of drug-likeness (QED) is 0.711. The summed E-state index contributed by atoms with van der Waals surface area (Å²) in [6, 6.07) is 14.0.